The fourth-order valence-corrected chi connectivity index (χ4v) is 10.4. The lowest BCUT2D eigenvalue weighted by molar-refractivity contribution is -0.141. The number of carboxylic acids is 1. The van der Waals surface area contributed by atoms with Crippen LogP contribution in [0.15, 0.2) is 54.5 Å². The van der Waals surface area contributed by atoms with Gasteiger partial charge in [-0.05, 0) is 104 Å². The molecule has 2 heterocycles. The van der Waals surface area contributed by atoms with Crippen LogP contribution in [0.3, 0.4) is 0 Å². The van der Waals surface area contributed by atoms with Crippen molar-refractivity contribution in [1.29, 1.82) is 0 Å². The quantitative estimate of drug-likeness (QED) is 0.0669. The summed E-state index contributed by atoms with van der Waals surface area (Å²) in [6, 6.07) is 5.91. The highest BCUT2D eigenvalue weighted by Gasteiger charge is 2.36. The van der Waals surface area contributed by atoms with Crippen LogP contribution in [0.25, 0.3) is 0 Å². The number of carboxylic acid groups (broad SMARTS) is 1. The number of hydrogen-bond donors (Lipinski definition) is 3. The molecule has 0 amide bonds. The highest BCUT2D eigenvalue weighted by molar-refractivity contribution is 7.49. The predicted molar refractivity (Wildman–Crippen MR) is 236 cm³/mol. The molecular formula is C48H80FN2O2P. The normalized spacial score (nSPS) is 15.2. The van der Waals surface area contributed by atoms with Crippen LogP contribution in [0.5, 0.6) is 0 Å². The van der Waals surface area contributed by atoms with Crippen LogP contribution in [0.1, 0.15) is 198 Å². The number of nitrogens with one attached hydrogen (secondary N) is 2. The van der Waals surface area contributed by atoms with Crippen molar-refractivity contribution < 1.29 is 14.3 Å². The average Bonchev–Trinajstić information content (AvgIpc) is 3.50. The van der Waals surface area contributed by atoms with Crippen LogP contribution in [0.2, 0.25) is 0 Å². The Balaban J connectivity index is 0.000000488. The fraction of sp³-hybridized carbons (Fsp3) is 0.688. The first-order valence-electron chi connectivity index (χ1n) is 22.5. The summed E-state index contributed by atoms with van der Waals surface area (Å²) in [5, 5.41) is 16.5. The van der Waals surface area contributed by atoms with Gasteiger partial charge < -0.3 is 15.7 Å². The molecule has 1 aliphatic heterocycles. The number of hydrogen-bond acceptors (Lipinski definition) is 3. The van der Waals surface area contributed by atoms with E-state index in [-0.39, 0.29) is 13.2 Å². The Bertz CT molecular complexity index is 1300. The summed E-state index contributed by atoms with van der Waals surface area (Å²) >= 11 is 0. The topological polar surface area (TPSA) is 61.4 Å². The number of anilines is 1. The van der Waals surface area contributed by atoms with Gasteiger partial charge in [-0.3, -0.25) is 0 Å². The minimum Gasteiger partial charge on any atom is -0.478 e. The zero-order chi connectivity index (χ0) is 39.1. The second kappa shape index (κ2) is 30.7. The van der Waals surface area contributed by atoms with Crippen LogP contribution in [0, 0.1) is 5.82 Å². The van der Waals surface area contributed by atoms with Crippen molar-refractivity contribution in [1.82, 2.24) is 5.32 Å². The lowest BCUT2D eigenvalue weighted by Gasteiger charge is -2.30. The van der Waals surface area contributed by atoms with Gasteiger partial charge in [0.2, 0.25) is 5.66 Å². The standard InChI is InChI=1S/C36H69P.C12H11FN2O2/c1-5-9-13-17-18-19-20-21-22-23-24-28-32-37-33-34(29-25-14-10-6-2)35(30-26-15-11-7-3)36(37)31-27-16-12-8-4;13-9-5-1-2-6-10(9)15-12(11(16)17)7-3-4-8-14-12/h33H,5-32H2,1-4H3;1-8,14-15H,(H,16,17). The monoisotopic (exact) mass is 767 g/mol. The number of halogens is 1. The number of carbonyl (C=O) groups is 1. The van der Waals surface area contributed by atoms with Gasteiger partial charge in [-0.25, -0.2) is 9.18 Å². The van der Waals surface area contributed by atoms with E-state index in [1.165, 1.54) is 210 Å². The predicted octanol–water partition coefficient (Wildman–Crippen LogP) is 15.4. The van der Waals surface area contributed by atoms with E-state index in [1.807, 2.05) is 16.4 Å². The van der Waals surface area contributed by atoms with Gasteiger partial charge in [0.05, 0.1) is 5.69 Å². The van der Waals surface area contributed by atoms with Gasteiger partial charge in [-0.15, -0.1) is 7.53 Å². The van der Waals surface area contributed by atoms with Gasteiger partial charge in [-0.1, -0.05) is 174 Å². The smallest absolute Gasteiger partial charge is 0.354 e. The van der Waals surface area contributed by atoms with Gasteiger partial charge in [0.25, 0.3) is 0 Å². The number of rotatable bonds is 31. The van der Waals surface area contributed by atoms with E-state index in [1.54, 1.807) is 18.2 Å². The Morgan fingerprint density at radius 3 is 1.69 bits per heavy atom. The van der Waals surface area contributed by atoms with Gasteiger partial charge in [0.15, 0.2) is 0 Å². The minimum absolute atomic E-state index is 0.0228. The van der Waals surface area contributed by atoms with Crippen molar-refractivity contribution >= 4 is 19.2 Å². The van der Waals surface area contributed by atoms with Crippen molar-refractivity contribution in [3.63, 3.8) is 0 Å². The molecule has 0 aliphatic carbocycles. The van der Waals surface area contributed by atoms with E-state index in [2.05, 4.69) is 44.1 Å². The number of para-hydroxylation sites is 1. The second-order valence-electron chi connectivity index (χ2n) is 15.7. The number of dihydropyridines is 1. The van der Waals surface area contributed by atoms with Gasteiger partial charge in [0, 0.05) is 0 Å². The molecule has 4 nitrogen and oxygen atoms in total. The van der Waals surface area contributed by atoms with E-state index in [0.717, 1.165) is 0 Å². The summed E-state index contributed by atoms with van der Waals surface area (Å²) in [5.41, 5.74) is 2.32. The second-order valence-corrected chi connectivity index (χ2v) is 17.9. The molecule has 306 valence electrons. The fourth-order valence-electron chi connectivity index (χ4n) is 7.55. The molecule has 2 atom stereocenters. The molecule has 2 aromatic rings. The highest BCUT2D eigenvalue weighted by Crippen LogP contribution is 2.44. The summed E-state index contributed by atoms with van der Waals surface area (Å²) in [6.07, 6.45) is 46.3. The van der Waals surface area contributed by atoms with Crippen LogP contribution < -0.4 is 10.6 Å². The number of aryl methyl sites for hydroxylation is 2. The van der Waals surface area contributed by atoms with Crippen molar-refractivity contribution in [3.8, 4) is 0 Å². The minimum atomic E-state index is -1.52. The molecule has 1 aromatic carbocycles. The van der Waals surface area contributed by atoms with Crippen molar-refractivity contribution in [2.24, 2.45) is 0 Å². The van der Waals surface area contributed by atoms with E-state index >= 15 is 0 Å². The van der Waals surface area contributed by atoms with Gasteiger partial charge >= 0.3 is 5.97 Å². The lowest BCUT2D eigenvalue weighted by atomic mass is 9.97. The summed E-state index contributed by atoms with van der Waals surface area (Å²) in [6.45, 7) is 9.36. The molecular weight excluding hydrogens is 687 g/mol. The molecule has 0 saturated heterocycles. The third kappa shape index (κ3) is 19.4. The maximum atomic E-state index is 13.5. The van der Waals surface area contributed by atoms with Crippen LogP contribution >= 0.6 is 7.53 Å². The Hall–Kier alpha value is -2.52. The van der Waals surface area contributed by atoms with E-state index in [0.29, 0.717) is 0 Å². The molecule has 54 heavy (non-hydrogen) atoms. The average molecular weight is 767 g/mol. The molecule has 3 rings (SSSR count). The molecule has 1 aliphatic rings. The molecule has 0 saturated carbocycles. The van der Waals surface area contributed by atoms with Crippen molar-refractivity contribution in [2.45, 2.75) is 213 Å². The summed E-state index contributed by atoms with van der Waals surface area (Å²) in [7, 11) is 0.0228. The van der Waals surface area contributed by atoms with E-state index < -0.39 is 17.4 Å². The van der Waals surface area contributed by atoms with E-state index in [4.69, 9.17) is 0 Å². The van der Waals surface area contributed by atoms with Crippen molar-refractivity contribution in [2.75, 3.05) is 5.32 Å². The maximum Gasteiger partial charge on any atom is 0.354 e. The molecule has 0 fully saturated rings. The molecule has 2 unspecified atom stereocenters. The van der Waals surface area contributed by atoms with Gasteiger partial charge in [0.1, 0.15) is 5.82 Å². The SMILES string of the molecule is CCCCCCCCCCCCCCp1cc(CCCCCC)c(CCCCCC)c1CCCCCC.O=C(O)C1(Nc2ccccc2F)C=CC=CN1. The summed E-state index contributed by atoms with van der Waals surface area (Å²) < 4.78 is 13.5. The zero-order valence-corrected chi connectivity index (χ0v) is 36.1. The number of unbranched alkanes of at least 4 members (excludes halogenated alkanes) is 20. The number of allylic oxidation sites excluding steroid dienone is 2. The van der Waals surface area contributed by atoms with Crippen LogP contribution in [-0.2, 0) is 30.2 Å². The number of aliphatic carboxylic acids is 1. The third-order valence-electron chi connectivity index (χ3n) is 10.9. The zero-order valence-electron chi connectivity index (χ0n) is 35.2. The molecule has 0 spiro atoms. The number of benzene rings is 1. The van der Waals surface area contributed by atoms with Crippen LogP contribution in [-0.4, -0.2) is 16.7 Å². The third-order valence-corrected chi connectivity index (χ3v) is 13.5. The largest absolute Gasteiger partial charge is 0.478 e. The van der Waals surface area contributed by atoms with E-state index in [9.17, 15) is 14.3 Å². The molecule has 1 aromatic heterocycles. The maximum absolute atomic E-state index is 13.5. The lowest BCUT2D eigenvalue weighted by Crippen LogP contribution is -2.55. The first-order chi connectivity index (χ1) is 26.4. The van der Waals surface area contributed by atoms with Crippen LogP contribution in [0.4, 0.5) is 10.1 Å². The Morgan fingerprint density at radius 1 is 0.667 bits per heavy atom. The van der Waals surface area contributed by atoms with Gasteiger partial charge in [-0.2, -0.15) is 0 Å². The molecule has 6 heteroatoms. The molecule has 0 radical (unpaired) electrons. The first-order valence-corrected chi connectivity index (χ1v) is 24.1. The Morgan fingerprint density at radius 2 is 1.17 bits per heavy atom. The molecule has 0 bridgehead atoms. The molecule has 3 N–H and O–H groups in total. The first kappa shape index (κ1) is 47.6. The Kier molecular flexibility index (Phi) is 27.1. The van der Waals surface area contributed by atoms with Crippen molar-refractivity contribution in [3.05, 3.63) is 76.7 Å². The summed E-state index contributed by atoms with van der Waals surface area (Å²) in [5.74, 6) is 1.21. The highest BCUT2D eigenvalue weighted by atomic mass is 31.1. The Labute approximate surface area is 332 Å². The summed E-state index contributed by atoms with van der Waals surface area (Å²) in [4.78, 5) is 11.3.